The van der Waals surface area contributed by atoms with Crippen molar-refractivity contribution in [1.82, 2.24) is 10.6 Å². The van der Waals surface area contributed by atoms with Gasteiger partial charge in [-0.25, -0.2) is 0 Å². The van der Waals surface area contributed by atoms with Gasteiger partial charge in [0.15, 0.2) is 0 Å². The molecule has 0 radical (unpaired) electrons. The van der Waals surface area contributed by atoms with E-state index in [1.807, 2.05) is 0 Å². The average molecular weight is 164 g/mol. The van der Waals surface area contributed by atoms with Crippen molar-refractivity contribution >= 4 is 0 Å². The number of allylic oxidation sites excluding steroid dienone is 2. The summed E-state index contributed by atoms with van der Waals surface area (Å²) in [5.41, 5.74) is 1.14. The Morgan fingerprint density at radius 3 is 1.58 bits per heavy atom. The van der Waals surface area contributed by atoms with Crippen LogP contribution in [0.2, 0.25) is 0 Å². The molecule has 2 aliphatic heterocycles. The summed E-state index contributed by atoms with van der Waals surface area (Å²) in [6.45, 7) is 4.91. The predicted octanol–water partition coefficient (Wildman–Crippen LogP) is 0.516. The maximum atomic E-state index is 3.57. The van der Waals surface area contributed by atoms with Gasteiger partial charge in [0.05, 0.1) is 0 Å². The first kappa shape index (κ1) is 7.10. The zero-order chi connectivity index (χ0) is 8.07. The molecular formula is C10H16N2. The van der Waals surface area contributed by atoms with Crippen LogP contribution in [0.1, 0.15) is 12.8 Å². The van der Waals surface area contributed by atoms with Crippen LogP contribution in [0, 0.1) is 10.8 Å². The molecule has 2 nitrogen and oxygen atoms in total. The highest BCUT2D eigenvalue weighted by atomic mass is 15.1. The lowest BCUT2D eigenvalue weighted by Crippen LogP contribution is -2.40. The molecule has 0 amide bonds. The Labute approximate surface area is 73.4 Å². The second-order valence-corrected chi connectivity index (χ2v) is 4.65. The zero-order valence-corrected chi connectivity index (χ0v) is 7.40. The highest BCUT2D eigenvalue weighted by molar-refractivity contribution is 5.19. The summed E-state index contributed by atoms with van der Waals surface area (Å²) in [6, 6.07) is 0. The Balaban J connectivity index is 2.06. The highest BCUT2D eigenvalue weighted by Gasteiger charge is 2.57. The van der Waals surface area contributed by atoms with Gasteiger partial charge in [-0.1, -0.05) is 12.2 Å². The number of hydrogen-bond acceptors (Lipinski definition) is 2. The zero-order valence-electron chi connectivity index (χ0n) is 7.40. The van der Waals surface area contributed by atoms with E-state index in [1.165, 1.54) is 39.0 Å². The van der Waals surface area contributed by atoms with Crippen molar-refractivity contribution in [3.63, 3.8) is 0 Å². The second-order valence-electron chi connectivity index (χ2n) is 4.65. The predicted molar refractivity (Wildman–Crippen MR) is 49.0 cm³/mol. The fourth-order valence-corrected chi connectivity index (χ4v) is 3.30. The quantitative estimate of drug-likeness (QED) is 0.510. The van der Waals surface area contributed by atoms with E-state index in [9.17, 15) is 0 Å². The van der Waals surface area contributed by atoms with Crippen molar-refractivity contribution in [2.45, 2.75) is 12.8 Å². The number of nitrogens with one attached hydrogen (secondary N) is 2. The van der Waals surface area contributed by atoms with Crippen molar-refractivity contribution in [3.8, 4) is 0 Å². The van der Waals surface area contributed by atoms with Crippen LogP contribution in [0.4, 0.5) is 0 Å². The molecule has 0 unspecified atom stereocenters. The second kappa shape index (κ2) is 2.12. The molecule has 2 fully saturated rings. The molecule has 0 aromatic carbocycles. The molecule has 0 saturated carbocycles. The van der Waals surface area contributed by atoms with Gasteiger partial charge in [-0.3, -0.25) is 0 Å². The first-order valence-electron chi connectivity index (χ1n) is 4.94. The summed E-state index contributed by atoms with van der Waals surface area (Å²) in [5, 5.41) is 7.14. The standard InChI is InChI=1S/C10H16N2/c1-2-4-10-7-11-5-9(10,3-1)6-12-8-10/h1-2,11-12H,3-8H2. The van der Waals surface area contributed by atoms with Crippen molar-refractivity contribution in [2.75, 3.05) is 26.2 Å². The molecule has 0 spiro atoms. The van der Waals surface area contributed by atoms with E-state index in [4.69, 9.17) is 0 Å². The van der Waals surface area contributed by atoms with Crippen molar-refractivity contribution in [2.24, 2.45) is 10.8 Å². The monoisotopic (exact) mass is 164 g/mol. The van der Waals surface area contributed by atoms with Gasteiger partial charge >= 0.3 is 0 Å². The highest BCUT2D eigenvalue weighted by Crippen LogP contribution is 2.52. The van der Waals surface area contributed by atoms with Crippen LogP contribution >= 0.6 is 0 Å². The molecule has 3 rings (SSSR count). The Bertz CT molecular complexity index is 200. The molecule has 3 aliphatic rings. The van der Waals surface area contributed by atoms with Crippen LogP contribution in [0.15, 0.2) is 12.2 Å². The molecule has 66 valence electrons. The van der Waals surface area contributed by atoms with Crippen molar-refractivity contribution < 1.29 is 0 Å². The van der Waals surface area contributed by atoms with Crippen LogP contribution in [-0.2, 0) is 0 Å². The van der Waals surface area contributed by atoms with Crippen molar-refractivity contribution in [1.29, 1.82) is 0 Å². The first-order valence-corrected chi connectivity index (χ1v) is 4.94. The molecule has 0 aromatic rings. The molecule has 2 heterocycles. The lowest BCUT2D eigenvalue weighted by Gasteiger charge is -2.40. The van der Waals surface area contributed by atoms with Crippen LogP contribution in [0.3, 0.4) is 0 Å². The minimum atomic E-state index is 0.571. The Morgan fingerprint density at radius 2 is 1.17 bits per heavy atom. The Hall–Kier alpha value is -0.340. The normalized spacial score (nSPS) is 50.7. The SMILES string of the molecule is C1=CCC23CNCC2(C1)CNC3. The first-order chi connectivity index (χ1) is 5.87. The van der Waals surface area contributed by atoms with Gasteiger partial charge in [0.25, 0.3) is 0 Å². The van der Waals surface area contributed by atoms with Gasteiger partial charge in [-0.05, 0) is 12.8 Å². The molecule has 2 heteroatoms. The fourth-order valence-electron chi connectivity index (χ4n) is 3.30. The molecule has 1 aliphatic carbocycles. The van der Waals surface area contributed by atoms with Gasteiger partial charge in [0.2, 0.25) is 0 Å². The van der Waals surface area contributed by atoms with E-state index >= 15 is 0 Å². The Kier molecular flexibility index (Phi) is 1.25. The van der Waals surface area contributed by atoms with E-state index in [0.29, 0.717) is 10.8 Å². The molecule has 0 bridgehead atoms. The van der Waals surface area contributed by atoms with E-state index in [0.717, 1.165) is 0 Å². The summed E-state index contributed by atoms with van der Waals surface area (Å²) in [6.07, 6.45) is 7.32. The topological polar surface area (TPSA) is 24.1 Å². The summed E-state index contributed by atoms with van der Waals surface area (Å²) in [7, 11) is 0. The van der Waals surface area contributed by atoms with Gasteiger partial charge in [-0.2, -0.15) is 0 Å². The average Bonchev–Trinajstić information content (AvgIpc) is 2.57. The van der Waals surface area contributed by atoms with Gasteiger partial charge in [0, 0.05) is 37.0 Å². The molecule has 12 heavy (non-hydrogen) atoms. The smallest absolute Gasteiger partial charge is 0.00705 e. The van der Waals surface area contributed by atoms with Crippen LogP contribution in [0.25, 0.3) is 0 Å². The van der Waals surface area contributed by atoms with E-state index in [-0.39, 0.29) is 0 Å². The van der Waals surface area contributed by atoms with Crippen LogP contribution in [0.5, 0.6) is 0 Å². The summed E-state index contributed by atoms with van der Waals surface area (Å²) >= 11 is 0. The van der Waals surface area contributed by atoms with Gasteiger partial charge in [0.1, 0.15) is 0 Å². The largest absolute Gasteiger partial charge is 0.315 e. The number of rotatable bonds is 0. The fraction of sp³-hybridized carbons (Fsp3) is 0.800. The molecule has 0 aromatic heterocycles. The molecule has 2 saturated heterocycles. The van der Waals surface area contributed by atoms with Crippen LogP contribution < -0.4 is 10.6 Å². The number of hydrogen-bond donors (Lipinski definition) is 2. The molecular weight excluding hydrogens is 148 g/mol. The summed E-state index contributed by atoms with van der Waals surface area (Å²) < 4.78 is 0. The van der Waals surface area contributed by atoms with E-state index in [1.54, 1.807) is 0 Å². The molecule has 0 atom stereocenters. The van der Waals surface area contributed by atoms with Gasteiger partial charge in [-0.15, -0.1) is 0 Å². The minimum absolute atomic E-state index is 0.571. The van der Waals surface area contributed by atoms with E-state index < -0.39 is 0 Å². The lowest BCUT2D eigenvalue weighted by atomic mass is 9.62. The molecule has 2 N–H and O–H groups in total. The third kappa shape index (κ3) is 0.639. The van der Waals surface area contributed by atoms with E-state index in [2.05, 4.69) is 22.8 Å². The summed E-state index contributed by atoms with van der Waals surface area (Å²) in [4.78, 5) is 0. The van der Waals surface area contributed by atoms with Gasteiger partial charge < -0.3 is 10.6 Å². The Morgan fingerprint density at radius 1 is 0.750 bits per heavy atom. The third-order valence-corrected chi connectivity index (χ3v) is 4.16. The maximum Gasteiger partial charge on any atom is 0.00705 e. The van der Waals surface area contributed by atoms with Crippen LogP contribution in [-0.4, -0.2) is 26.2 Å². The third-order valence-electron chi connectivity index (χ3n) is 4.16. The minimum Gasteiger partial charge on any atom is -0.315 e. The summed E-state index contributed by atoms with van der Waals surface area (Å²) in [5.74, 6) is 0. The lowest BCUT2D eigenvalue weighted by molar-refractivity contribution is 0.157. The van der Waals surface area contributed by atoms with Crippen molar-refractivity contribution in [3.05, 3.63) is 12.2 Å². The maximum absolute atomic E-state index is 3.57.